The number of hydrogen-bond donors (Lipinski definition) is 1. The van der Waals surface area contributed by atoms with Gasteiger partial charge in [0.05, 0.1) is 10.6 Å². The molecule has 1 aliphatic heterocycles. The number of nitrogens with zero attached hydrogens (tertiary/aromatic N) is 1. The van der Waals surface area contributed by atoms with Crippen LogP contribution in [0.3, 0.4) is 0 Å². The number of thioether (sulfide) groups is 1. The van der Waals surface area contributed by atoms with Gasteiger partial charge < -0.3 is 10.6 Å². The fourth-order valence-electron chi connectivity index (χ4n) is 2.61. The molecule has 2 atom stereocenters. The first-order chi connectivity index (χ1) is 9.56. The van der Waals surface area contributed by atoms with Crippen LogP contribution in [0, 0.1) is 5.92 Å². The number of carbonyl (C=O) groups is 1. The van der Waals surface area contributed by atoms with Gasteiger partial charge in [-0.2, -0.15) is 0 Å². The minimum absolute atomic E-state index is 0.0246. The van der Waals surface area contributed by atoms with E-state index in [1.54, 1.807) is 17.8 Å². The van der Waals surface area contributed by atoms with Crippen LogP contribution in [0.4, 0.5) is 0 Å². The number of nitrogens with two attached hydrogens (primary N) is 1. The summed E-state index contributed by atoms with van der Waals surface area (Å²) in [4.78, 5) is 15.7. The third kappa shape index (κ3) is 3.30. The van der Waals surface area contributed by atoms with Crippen LogP contribution in [0.15, 0.2) is 23.1 Å². The zero-order chi connectivity index (χ0) is 14.7. The van der Waals surface area contributed by atoms with Crippen molar-refractivity contribution in [3.05, 3.63) is 28.8 Å². The summed E-state index contributed by atoms with van der Waals surface area (Å²) in [5.74, 6) is 0.425. The lowest BCUT2D eigenvalue weighted by Crippen LogP contribution is -2.47. The average molecular weight is 313 g/mol. The summed E-state index contributed by atoms with van der Waals surface area (Å²) in [5.41, 5.74) is 6.36. The van der Waals surface area contributed by atoms with Gasteiger partial charge in [-0.25, -0.2) is 0 Å². The first-order valence-corrected chi connectivity index (χ1v) is 8.51. The Morgan fingerprint density at radius 1 is 1.50 bits per heavy atom. The molecular weight excluding hydrogens is 292 g/mol. The molecule has 20 heavy (non-hydrogen) atoms. The van der Waals surface area contributed by atoms with Gasteiger partial charge in [0.1, 0.15) is 0 Å². The van der Waals surface area contributed by atoms with Crippen molar-refractivity contribution < 1.29 is 4.79 Å². The second kappa shape index (κ2) is 6.83. The number of halogens is 1. The van der Waals surface area contributed by atoms with Crippen LogP contribution in [-0.4, -0.2) is 36.2 Å². The van der Waals surface area contributed by atoms with Crippen LogP contribution in [-0.2, 0) is 0 Å². The molecule has 1 fully saturated rings. The Labute approximate surface area is 129 Å². The van der Waals surface area contributed by atoms with Crippen LogP contribution >= 0.6 is 23.4 Å². The van der Waals surface area contributed by atoms with Crippen LogP contribution < -0.4 is 5.73 Å². The van der Waals surface area contributed by atoms with E-state index in [9.17, 15) is 4.79 Å². The third-order valence-electron chi connectivity index (χ3n) is 3.98. The predicted molar refractivity (Wildman–Crippen MR) is 85.5 cm³/mol. The van der Waals surface area contributed by atoms with E-state index in [-0.39, 0.29) is 11.9 Å². The van der Waals surface area contributed by atoms with Crippen LogP contribution in [0.2, 0.25) is 5.02 Å². The number of benzene rings is 1. The fraction of sp³-hybridized carbons (Fsp3) is 0.533. The molecule has 1 aliphatic rings. The standard InChI is InChI=1S/C15H21ClN2OS/c1-10-3-4-11(8-17)9-18(10)15(19)13-7-12(20-2)5-6-14(13)16/h5-7,10-11H,3-4,8-9,17H2,1-2H3. The molecule has 2 N–H and O–H groups in total. The lowest BCUT2D eigenvalue weighted by Gasteiger charge is -2.38. The van der Waals surface area contributed by atoms with Gasteiger partial charge in [0.2, 0.25) is 0 Å². The molecule has 0 radical (unpaired) electrons. The van der Waals surface area contributed by atoms with E-state index in [0.29, 0.717) is 23.0 Å². The number of piperidine rings is 1. The normalized spacial score (nSPS) is 22.9. The molecule has 1 saturated heterocycles. The Balaban J connectivity index is 2.25. The van der Waals surface area contributed by atoms with Gasteiger partial charge in [0, 0.05) is 17.5 Å². The Bertz CT molecular complexity index is 495. The summed E-state index contributed by atoms with van der Waals surface area (Å²) in [6.45, 7) is 3.46. The molecular formula is C15H21ClN2OS. The number of hydrogen-bond acceptors (Lipinski definition) is 3. The molecule has 1 amide bonds. The summed E-state index contributed by atoms with van der Waals surface area (Å²) in [7, 11) is 0. The van der Waals surface area contributed by atoms with Crippen molar-refractivity contribution in [1.29, 1.82) is 0 Å². The number of amides is 1. The van der Waals surface area contributed by atoms with Crippen LogP contribution in [0.5, 0.6) is 0 Å². The summed E-state index contributed by atoms with van der Waals surface area (Å²) in [5, 5.41) is 0.523. The van der Waals surface area contributed by atoms with Crippen molar-refractivity contribution in [2.24, 2.45) is 11.7 Å². The minimum Gasteiger partial charge on any atom is -0.336 e. The lowest BCUT2D eigenvalue weighted by atomic mass is 9.93. The second-order valence-electron chi connectivity index (χ2n) is 5.33. The molecule has 5 heteroatoms. The molecule has 0 saturated carbocycles. The molecule has 0 bridgehead atoms. The number of rotatable bonds is 3. The van der Waals surface area contributed by atoms with E-state index < -0.39 is 0 Å². The quantitative estimate of drug-likeness (QED) is 0.871. The Morgan fingerprint density at radius 3 is 2.90 bits per heavy atom. The highest BCUT2D eigenvalue weighted by molar-refractivity contribution is 7.98. The van der Waals surface area contributed by atoms with Gasteiger partial charge in [-0.1, -0.05) is 11.6 Å². The van der Waals surface area contributed by atoms with Crippen molar-refractivity contribution in [3.8, 4) is 0 Å². The smallest absolute Gasteiger partial charge is 0.255 e. The molecule has 2 unspecified atom stereocenters. The maximum Gasteiger partial charge on any atom is 0.255 e. The monoisotopic (exact) mass is 312 g/mol. The predicted octanol–water partition coefficient (Wildman–Crippen LogP) is 3.26. The van der Waals surface area contributed by atoms with E-state index >= 15 is 0 Å². The summed E-state index contributed by atoms with van der Waals surface area (Å²) >= 11 is 7.82. The topological polar surface area (TPSA) is 46.3 Å². The van der Waals surface area contributed by atoms with Gasteiger partial charge in [0.15, 0.2) is 0 Å². The van der Waals surface area contributed by atoms with Crippen molar-refractivity contribution in [2.75, 3.05) is 19.3 Å². The average Bonchev–Trinajstić information content (AvgIpc) is 2.47. The van der Waals surface area contributed by atoms with Gasteiger partial charge in [-0.3, -0.25) is 4.79 Å². The minimum atomic E-state index is 0.0246. The molecule has 3 nitrogen and oxygen atoms in total. The first-order valence-electron chi connectivity index (χ1n) is 6.91. The maximum absolute atomic E-state index is 12.8. The Morgan fingerprint density at radius 2 is 2.25 bits per heavy atom. The number of likely N-dealkylation sites (tertiary alicyclic amines) is 1. The Kier molecular flexibility index (Phi) is 5.35. The molecule has 0 spiro atoms. The van der Waals surface area contributed by atoms with E-state index in [1.165, 1.54) is 0 Å². The lowest BCUT2D eigenvalue weighted by molar-refractivity contribution is 0.0567. The van der Waals surface area contributed by atoms with Crippen molar-refractivity contribution >= 4 is 29.3 Å². The fourth-order valence-corrected chi connectivity index (χ4v) is 3.25. The molecule has 2 rings (SSSR count). The SMILES string of the molecule is CSc1ccc(Cl)c(C(=O)N2CC(CN)CCC2C)c1. The molecule has 1 heterocycles. The highest BCUT2D eigenvalue weighted by Gasteiger charge is 2.29. The van der Waals surface area contributed by atoms with E-state index in [1.807, 2.05) is 23.3 Å². The van der Waals surface area contributed by atoms with Crippen LogP contribution in [0.1, 0.15) is 30.1 Å². The van der Waals surface area contributed by atoms with Gasteiger partial charge in [0.25, 0.3) is 5.91 Å². The summed E-state index contributed by atoms with van der Waals surface area (Å²) < 4.78 is 0. The zero-order valence-corrected chi connectivity index (χ0v) is 13.5. The zero-order valence-electron chi connectivity index (χ0n) is 11.9. The van der Waals surface area contributed by atoms with E-state index in [4.69, 9.17) is 17.3 Å². The molecule has 110 valence electrons. The highest BCUT2D eigenvalue weighted by Crippen LogP contribution is 2.28. The van der Waals surface area contributed by atoms with Crippen LogP contribution in [0.25, 0.3) is 0 Å². The molecule has 0 aromatic heterocycles. The first kappa shape index (κ1) is 15.7. The van der Waals surface area contributed by atoms with Crippen molar-refractivity contribution in [1.82, 2.24) is 4.90 Å². The number of carbonyl (C=O) groups excluding carboxylic acids is 1. The molecule has 1 aromatic carbocycles. The van der Waals surface area contributed by atoms with Gasteiger partial charge >= 0.3 is 0 Å². The largest absolute Gasteiger partial charge is 0.336 e. The second-order valence-corrected chi connectivity index (χ2v) is 6.62. The summed E-state index contributed by atoms with van der Waals surface area (Å²) in [6, 6.07) is 5.87. The third-order valence-corrected chi connectivity index (χ3v) is 5.03. The molecule has 1 aromatic rings. The Hall–Kier alpha value is -0.710. The van der Waals surface area contributed by atoms with Crippen molar-refractivity contribution in [2.45, 2.75) is 30.7 Å². The van der Waals surface area contributed by atoms with Gasteiger partial charge in [-0.15, -0.1) is 11.8 Å². The summed E-state index contributed by atoms with van der Waals surface area (Å²) in [6.07, 6.45) is 4.10. The van der Waals surface area contributed by atoms with E-state index in [0.717, 1.165) is 24.3 Å². The van der Waals surface area contributed by atoms with Gasteiger partial charge in [-0.05, 0) is 56.7 Å². The molecule has 0 aliphatic carbocycles. The van der Waals surface area contributed by atoms with E-state index in [2.05, 4.69) is 6.92 Å². The van der Waals surface area contributed by atoms with Crippen molar-refractivity contribution in [3.63, 3.8) is 0 Å². The maximum atomic E-state index is 12.8. The highest BCUT2D eigenvalue weighted by atomic mass is 35.5.